The Hall–Kier alpha value is -3.28. The maximum Gasteiger partial charge on any atom is 0.337 e. The number of rotatable bonds is 7. The number of benzene rings is 2. The number of carbonyl (C=O) groups excluding carboxylic acids is 2. The molecule has 2 heterocycles. The van der Waals surface area contributed by atoms with Crippen LogP contribution in [0, 0.1) is 5.92 Å². The Balaban J connectivity index is 1.53. The molecule has 0 aliphatic carbocycles. The molecule has 1 aromatic heterocycles. The molecular formula is C25H27N3O6S2. The third kappa shape index (κ3) is 5.13. The lowest BCUT2D eigenvalue weighted by Crippen LogP contribution is -2.40. The molecule has 1 amide bonds. The van der Waals surface area contributed by atoms with E-state index in [9.17, 15) is 18.0 Å². The summed E-state index contributed by atoms with van der Waals surface area (Å²) in [5.74, 6) is -0.516. The molecule has 2 aromatic carbocycles. The highest BCUT2D eigenvalue weighted by atomic mass is 32.2. The van der Waals surface area contributed by atoms with Crippen molar-refractivity contribution in [1.29, 1.82) is 0 Å². The van der Waals surface area contributed by atoms with Gasteiger partial charge in [-0.25, -0.2) is 13.2 Å². The zero-order valence-corrected chi connectivity index (χ0v) is 21.7. The molecule has 0 unspecified atom stereocenters. The monoisotopic (exact) mass is 529 g/mol. The third-order valence-corrected chi connectivity index (χ3v) is 9.08. The molecule has 0 N–H and O–H groups in total. The van der Waals surface area contributed by atoms with Crippen LogP contribution in [0.2, 0.25) is 0 Å². The minimum absolute atomic E-state index is 0.194. The van der Waals surface area contributed by atoms with Gasteiger partial charge in [0.2, 0.25) is 10.0 Å². The van der Waals surface area contributed by atoms with Crippen LogP contribution in [-0.2, 0) is 26.1 Å². The Bertz CT molecular complexity index is 1460. The number of nitrogens with zero attached hydrogens (tertiary/aromatic N) is 3. The number of esters is 1. The van der Waals surface area contributed by atoms with Gasteiger partial charge in [-0.3, -0.25) is 4.79 Å². The fraction of sp³-hybridized carbons (Fsp3) is 0.320. The molecule has 1 fully saturated rings. The van der Waals surface area contributed by atoms with Crippen LogP contribution in [0.3, 0.4) is 0 Å². The van der Waals surface area contributed by atoms with E-state index in [1.54, 1.807) is 36.4 Å². The van der Waals surface area contributed by atoms with Crippen molar-refractivity contribution in [2.24, 2.45) is 10.9 Å². The minimum Gasteiger partial charge on any atom is -0.497 e. The van der Waals surface area contributed by atoms with Crippen LogP contribution in [0.4, 0.5) is 0 Å². The fourth-order valence-corrected chi connectivity index (χ4v) is 6.69. The number of thiazole rings is 1. The SMILES string of the molecule is C=CCn1c(=NC(=O)C2CCN(S(=O)(=O)c3ccc(OC)cc3)CC2)sc2cc(C(=O)OC)ccc21. The highest BCUT2D eigenvalue weighted by molar-refractivity contribution is 7.89. The molecule has 1 aliphatic rings. The Kier molecular flexibility index (Phi) is 7.72. The van der Waals surface area contributed by atoms with Crippen molar-refractivity contribution in [2.75, 3.05) is 27.3 Å². The van der Waals surface area contributed by atoms with Gasteiger partial charge < -0.3 is 14.0 Å². The first-order valence-electron chi connectivity index (χ1n) is 11.3. The summed E-state index contributed by atoms with van der Waals surface area (Å²) in [6.07, 6.45) is 2.49. The van der Waals surface area contributed by atoms with Gasteiger partial charge in [0.05, 0.1) is 34.9 Å². The molecule has 1 saturated heterocycles. The summed E-state index contributed by atoms with van der Waals surface area (Å²) in [5.41, 5.74) is 1.25. The smallest absolute Gasteiger partial charge is 0.337 e. The second kappa shape index (κ2) is 10.8. The van der Waals surface area contributed by atoms with Gasteiger partial charge in [0.25, 0.3) is 5.91 Å². The van der Waals surface area contributed by atoms with E-state index < -0.39 is 16.0 Å². The van der Waals surface area contributed by atoms with Gasteiger partial charge in [-0.1, -0.05) is 17.4 Å². The molecule has 9 nitrogen and oxygen atoms in total. The van der Waals surface area contributed by atoms with Gasteiger partial charge in [0, 0.05) is 25.6 Å². The first kappa shape index (κ1) is 25.8. The average Bonchev–Trinajstić information content (AvgIpc) is 3.24. The van der Waals surface area contributed by atoms with Crippen molar-refractivity contribution in [3.63, 3.8) is 0 Å². The number of sulfonamides is 1. The van der Waals surface area contributed by atoms with Crippen LogP contribution in [0.25, 0.3) is 10.2 Å². The number of ether oxygens (including phenoxy) is 2. The van der Waals surface area contributed by atoms with Crippen LogP contribution >= 0.6 is 11.3 Å². The van der Waals surface area contributed by atoms with Crippen molar-refractivity contribution >= 4 is 43.5 Å². The summed E-state index contributed by atoms with van der Waals surface area (Å²) < 4.78 is 40.0. The largest absolute Gasteiger partial charge is 0.497 e. The quantitative estimate of drug-likeness (QED) is 0.344. The molecule has 0 spiro atoms. The predicted octanol–water partition coefficient (Wildman–Crippen LogP) is 3.21. The Morgan fingerprint density at radius 1 is 1.14 bits per heavy atom. The van der Waals surface area contributed by atoms with E-state index in [1.807, 2.05) is 4.57 Å². The van der Waals surface area contributed by atoms with Gasteiger partial charge in [-0.05, 0) is 55.3 Å². The summed E-state index contributed by atoms with van der Waals surface area (Å²) in [6.45, 7) is 4.71. The molecule has 0 saturated carbocycles. The molecule has 0 radical (unpaired) electrons. The van der Waals surface area contributed by atoms with Crippen LogP contribution in [-0.4, -0.2) is 56.5 Å². The number of allylic oxidation sites excluding steroid dienone is 1. The molecular weight excluding hydrogens is 502 g/mol. The lowest BCUT2D eigenvalue weighted by Gasteiger charge is -2.29. The Labute approximate surface area is 213 Å². The second-order valence-electron chi connectivity index (χ2n) is 8.26. The zero-order chi connectivity index (χ0) is 25.9. The van der Waals surface area contributed by atoms with Crippen molar-refractivity contribution < 1.29 is 27.5 Å². The van der Waals surface area contributed by atoms with Crippen LogP contribution in [0.5, 0.6) is 5.75 Å². The van der Waals surface area contributed by atoms with Gasteiger partial charge in [0.1, 0.15) is 5.75 Å². The van der Waals surface area contributed by atoms with E-state index in [0.29, 0.717) is 35.5 Å². The summed E-state index contributed by atoms with van der Waals surface area (Å²) >= 11 is 1.31. The number of aromatic nitrogens is 1. The van der Waals surface area contributed by atoms with Gasteiger partial charge in [-0.2, -0.15) is 9.30 Å². The van der Waals surface area contributed by atoms with Crippen molar-refractivity contribution in [2.45, 2.75) is 24.3 Å². The highest BCUT2D eigenvalue weighted by Gasteiger charge is 2.32. The summed E-state index contributed by atoms with van der Waals surface area (Å²) in [4.78, 5) is 30.1. The van der Waals surface area contributed by atoms with Crippen molar-refractivity contribution in [3.8, 4) is 5.75 Å². The Morgan fingerprint density at radius 3 is 2.44 bits per heavy atom. The molecule has 11 heteroatoms. The topological polar surface area (TPSA) is 107 Å². The molecule has 3 aromatic rings. The highest BCUT2D eigenvalue weighted by Crippen LogP contribution is 2.26. The summed E-state index contributed by atoms with van der Waals surface area (Å²) in [6, 6.07) is 11.5. The lowest BCUT2D eigenvalue weighted by molar-refractivity contribution is -0.122. The summed E-state index contributed by atoms with van der Waals surface area (Å²) in [7, 11) is -0.808. The van der Waals surface area contributed by atoms with Gasteiger partial charge in [-0.15, -0.1) is 6.58 Å². The predicted molar refractivity (Wildman–Crippen MR) is 136 cm³/mol. The molecule has 4 rings (SSSR count). The van der Waals surface area contributed by atoms with E-state index in [4.69, 9.17) is 9.47 Å². The van der Waals surface area contributed by atoms with Crippen LogP contribution in [0.15, 0.2) is 65.0 Å². The maximum absolute atomic E-state index is 13.1. The number of amides is 1. The van der Waals surface area contributed by atoms with Crippen molar-refractivity contribution in [3.05, 3.63) is 65.5 Å². The Morgan fingerprint density at radius 2 is 1.83 bits per heavy atom. The second-order valence-corrected chi connectivity index (χ2v) is 11.2. The van der Waals surface area contributed by atoms with E-state index >= 15 is 0 Å². The zero-order valence-electron chi connectivity index (χ0n) is 20.0. The van der Waals surface area contributed by atoms with E-state index in [-0.39, 0.29) is 29.8 Å². The van der Waals surface area contributed by atoms with E-state index in [1.165, 1.54) is 42.0 Å². The first-order valence-corrected chi connectivity index (χ1v) is 13.6. The van der Waals surface area contributed by atoms with Crippen LogP contribution in [0.1, 0.15) is 23.2 Å². The van der Waals surface area contributed by atoms with Gasteiger partial charge in [0.15, 0.2) is 4.80 Å². The average molecular weight is 530 g/mol. The number of methoxy groups -OCH3 is 2. The standard InChI is InChI=1S/C25H27N3O6S2/c1-4-13-28-21-10-5-18(24(30)34-3)16-22(21)35-25(28)26-23(29)17-11-14-27(15-12-17)36(31,32)20-8-6-19(33-2)7-9-20/h4-10,16-17H,1,11-15H2,2-3H3. The number of hydrogen-bond acceptors (Lipinski definition) is 7. The normalized spacial score (nSPS) is 15.7. The van der Waals surface area contributed by atoms with E-state index in [2.05, 4.69) is 11.6 Å². The lowest BCUT2D eigenvalue weighted by atomic mass is 9.98. The van der Waals surface area contributed by atoms with E-state index in [0.717, 1.165) is 10.2 Å². The number of fused-ring (bicyclic) bond motifs is 1. The summed E-state index contributed by atoms with van der Waals surface area (Å²) in [5, 5.41) is 0. The van der Waals surface area contributed by atoms with Gasteiger partial charge >= 0.3 is 5.97 Å². The molecule has 36 heavy (non-hydrogen) atoms. The maximum atomic E-state index is 13.1. The fourth-order valence-electron chi connectivity index (χ4n) is 4.13. The van der Waals surface area contributed by atoms with Crippen molar-refractivity contribution in [1.82, 2.24) is 8.87 Å². The molecule has 0 bridgehead atoms. The number of carbonyl (C=O) groups is 2. The number of piperidine rings is 1. The molecule has 190 valence electrons. The van der Waals surface area contributed by atoms with Crippen LogP contribution < -0.4 is 9.54 Å². The molecule has 1 aliphatic heterocycles. The first-order chi connectivity index (χ1) is 17.3. The minimum atomic E-state index is -3.65. The molecule has 0 atom stereocenters. The third-order valence-electron chi connectivity index (χ3n) is 6.12. The number of hydrogen-bond donors (Lipinski definition) is 0.